The maximum absolute atomic E-state index is 12.8. The summed E-state index contributed by atoms with van der Waals surface area (Å²) in [6.07, 6.45) is 3.03. The highest BCUT2D eigenvalue weighted by molar-refractivity contribution is 6.04. The van der Waals surface area contributed by atoms with E-state index in [1.54, 1.807) is 30.5 Å². The van der Waals surface area contributed by atoms with E-state index in [0.29, 0.717) is 61.0 Å². The molecule has 1 saturated heterocycles. The number of nitrogens with one attached hydrogen (secondary N) is 2. The van der Waals surface area contributed by atoms with Crippen LogP contribution in [-0.2, 0) is 4.79 Å². The van der Waals surface area contributed by atoms with E-state index in [4.69, 9.17) is 14.2 Å². The van der Waals surface area contributed by atoms with Gasteiger partial charge in [0, 0.05) is 48.2 Å². The van der Waals surface area contributed by atoms with Crippen LogP contribution in [0.1, 0.15) is 30.1 Å². The molecule has 9 nitrogen and oxygen atoms in total. The van der Waals surface area contributed by atoms with Crippen LogP contribution in [0.25, 0.3) is 0 Å². The fourth-order valence-electron chi connectivity index (χ4n) is 4.33. The molecule has 0 bridgehead atoms. The molecule has 2 N–H and O–H groups in total. The fraction of sp³-hybridized carbons (Fsp3) is 0.296. The Kier molecular flexibility index (Phi) is 6.88. The summed E-state index contributed by atoms with van der Waals surface area (Å²) in [5.41, 5.74) is 1.91. The smallest absolute Gasteiger partial charge is 0.255 e. The van der Waals surface area contributed by atoms with Crippen molar-refractivity contribution in [3.05, 3.63) is 66.4 Å². The first-order valence-corrected chi connectivity index (χ1v) is 12.0. The number of amides is 2. The summed E-state index contributed by atoms with van der Waals surface area (Å²) in [7, 11) is 0. The van der Waals surface area contributed by atoms with Gasteiger partial charge in [0.2, 0.25) is 12.7 Å². The molecule has 3 aromatic rings. The average molecular weight is 489 g/mol. The van der Waals surface area contributed by atoms with Crippen molar-refractivity contribution in [2.24, 2.45) is 5.92 Å². The Hall–Kier alpha value is -4.27. The fourth-order valence-corrected chi connectivity index (χ4v) is 4.33. The summed E-state index contributed by atoms with van der Waals surface area (Å²) in [5, 5.41) is 5.89. The monoisotopic (exact) mass is 488 g/mol. The van der Waals surface area contributed by atoms with Crippen LogP contribution in [0.4, 0.5) is 17.2 Å². The second-order valence-electron chi connectivity index (χ2n) is 8.63. The molecule has 2 amide bonds. The number of hydrogen-bond donors (Lipinski definition) is 2. The number of carbonyl (C=O) groups is 2. The molecule has 5 rings (SSSR count). The lowest BCUT2D eigenvalue weighted by Crippen LogP contribution is -2.38. The molecule has 0 atom stereocenters. The van der Waals surface area contributed by atoms with Gasteiger partial charge >= 0.3 is 0 Å². The van der Waals surface area contributed by atoms with Crippen molar-refractivity contribution < 1.29 is 23.8 Å². The van der Waals surface area contributed by atoms with Gasteiger partial charge in [-0.3, -0.25) is 9.59 Å². The molecule has 9 heteroatoms. The Labute approximate surface area is 209 Å². The van der Waals surface area contributed by atoms with Gasteiger partial charge in [-0.2, -0.15) is 0 Å². The number of carbonyl (C=O) groups excluding carboxylic acids is 2. The molecule has 186 valence electrons. The molecule has 0 radical (unpaired) electrons. The first-order chi connectivity index (χ1) is 17.6. The third kappa shape index (κ3) is 5.35. The van der Waals surface area contributed by atoms with E-state index < -0.39 is 0 Å². The number of anilines is 3. The van der Waals surface area contributed by atoms with Gasteiger partial charge in [-0.05, 0) is 68.3 Å². The molecule has 0 saturated carbocycles. The van der Waals surface area contributed by atoms with Crippen LogP contribution in [0.3, 0.4) is 0 Å². The largest absolute Gasteiger partial charge is 0.494 e. The van der Waals surface area contributed by atoms with Gasteiger partial charge in [0.15, 0.2) is 11.5 Å². The lowest BCUT2D eigenvalue weighted by atomic mass is 9.95. The molecule has 3 heterocycles. The Morgan fingerprint density at radius 3 is 2.50 bits per heavy atom. The number of aromatic nitrogens is 1. The van der Waals surface area contributed by atoms with Crippen LogP contribution in [0.2, 0.25) is 0 Å². The van der Waals surface area contributed by atoms with Crippen molar-refractivity contribution in [1.82, 2.24) is 4.98 Å². The summed E-state index contributed by atoms with van der Waals surface area (Å²) >= 11 is 0. The number of nitrogens with zero attached hydrogens (tertiary/aromatic N) is 2. The van der Waals surface area contributed by atoms with Crippen LogP contribution in [0.15, 0.2) is 60.8 Å². The summed E-state index contributed by atoms with van der Waals surface area (Å²) in [6, 6.07) is 16.1. The van der Waals surface area contributed by atoms with Gasteiger partial charge in [0.1, 0.15) is 11.6 Å². The third-order valence-corrected chi connectivity index (χ3v) is 6.26. The van der Waals surface area contributed by atoms with E-state index in [2.05, 4.69) is 20.5 Å². The highest BCUT2D eigenvalue weighted by Crippen LogP contribution is 2.34. The number of fused-ring (bicyclic) bond motifs is 1. The van der Waals surface area contributed by atoms with Crippen LogP contribution in [0, 0.1) is 5.92 Å². The van der Waals surface area contributed by atoms with E-state index in [9.17, 15) is 9.59 Å². The maximum atomic E-state index is 12.8. The molecule has 2 aliphatic rings. The summed E-state index contributed by atoms with van der Waals surface area (Å²) in [5.74, 6) is 2.49. The molecule has 1 aromatic heterocycles. The normalized spacial score (nSPS) is 14.9. The molecule has 0 spiro atoms. The lowest BCUT2D eigenvalue weighted by molar-refractivity contribution is -0.120. The Balaban J connectivity index is 1.15. The van der Waals surface area contributed by atoms with Crippen LogP contribution >= 0.6 is 0 Å². The molecule has 2 aliphatic heterocycles. The Morgan fingerprint density at radius 1 is 0.972 bits per heavy atom. The minimum absolute atomic E-state index is 0.00930. The summed E-state index contributed by atoms with van der Waals surface area (Å²) in [6.45, 7) is 4.07. The first kappa shape index (κ1) is 23.5. The number of piperidine rings is 1. The number of pyridine rings is 1. The molecule has 36 heavy (non-hydrogen) atoms. The predicted molar refractivity (Wildman–Crippen MR) is 136 cm³/mol. The molecule has 2 aromatic carbocycles. The third-order valence-electron chi connectivity index (χ3n) is 6.26. The van der Waals surface area contributed by atoms with Crippen molar-refractivity contribution >= 4 is 29.0 Å². The molecular formula is C27H28N4O5. The Morgan fingerprint density at radius 2 is 1.72 bits per heavy atom. The second kappa shape index (κ2) is 10.6. The van der Waals surface area contributed by atoms with E-state index >= 15 is 0 Å². The van der Waals surface area contributed by atoms with E-state index in [0.717, 1.165) is 11.6 Å². The highest BCUT2D eigenvalue weighted by Gasteiger charge is 2.26. The van der Waals surface area contributed by atoms with Crippen LogP contribution < -0.4 is 29.7 Å². The first-order valence-electron chi connectivity index (χ1n) is 12.0. The number of hydrogen-bond acceptors (Lipinski definition) is 7. The van der Waals surface area contributed by atoms with E-state index in [1.807, 2.05) is 37.3 Å². The number of ether oxygens (including phenoxy) is 3. The van der Waals surface area contributed by atoms with Crippen molar-refractivity contribution in [2.45, 2.75) is 19.8 Å². The minimum atomic E-state index is -0.208. The number of benzene rings is 2. The molecular weight excluding hydrogens is 460 g/mol. The quantitative estimate of drug-likeness (QED) is 0.511. The molecule has 0 unspecified atom stereocenters. The zero-order chi connectivity index (χ0) is 24.9. The highest BCUT2D eigenvalue weighted by atomic mass is 16.7. The zero-order valence-electron chi connectivity index (χ0n) is 20.0. The number of rotatable bonds is 7. The predicted octanol–water partition coefficient (Wildman–Crippen LogP) is 4.32. The van der Waals surface area contributed by atoms with Crippen LogP contribution in [0.5, 0.6) is 17.2 Å². The zero-order valence-corrected chi connectivity index (χ0v) is 20.0. The summed E-state index contributed by atoms with van der Waals surface area (Å²) < 4.78 is 16.1. The van der Waals surface area contributed by atoms with Gasteiger partial charge in [-0.1, -0.05) is 0 Å². The van der Waals surface area contributed by atoms with E-state index in [1.165, 1.54) is 0 Å². The van der Waals surface area contributed by atoms with Gasteiger partial charge in [-0.15, -0.1) is 0 Å². The van der Waals surface area contributed by atoms with Gasteiger partial charge in [0.05, 0.1) is 6.61 Å². The van der Waals surface area contributed by atoms with Crippen molar-refractivity contribution in [1.29, 1.82) is 0 Å². The van der Waals surface area contributed by atoms with Gasteiger partial charge < -0.3 is 29.7 Å². The summed E-state index contributed by atoms with van der Waals surface area (Å²) in [4.78, 5) is 32.2. The van der Waals surface area contributed by atoms with Crippen molar-refractivity contribution in [3.63, 3.8) is 0 Å². The molecule has 0 aliphatic carbocycles. The lowest BCUT2D eigenvalue weighted by Gasteiger charge is -2.32. The van der Waals surface area contributed by atoms with Gasteiger partial charge in [0.25, 0.3) is 5.91 Å². The second-order valence-corrected chi connectivity index (χ2v) is 8.63. The van der Waals surface area contributed by atoms with E-state index in [-0.39, 0.29) is 24.5 Å². The minimum Gasteiger partial charge on any atom is -0.494 e. The maximum Gasteiger partial charge on any atom is 0.255 e. The van der Waals surface area contributed by atoms with Gasteiger partial charge in [-0.25, -0.2) is 4.98 Å². The Bertz CT molecular complexity index is 1240. The average Bonchev–Trinajstić information content (AvgIpc) is 3.38. The van der Waals surface area contributed by atoms with Crippen molar-refractivity contribution in [3.8, 4) is 17.2 Å². The standard InChI is InChI=1S/C27H28N4O5/c1-2-34-22-6-3-20(4-7-22)29-27(33)19-9-12-28-25(15-19)31-13-10-18(11-14-31)26(32)30-21-5-8-23-24(16-21)36-17-35-23/h3-9,12,15-16,18H,2,10-11,13-14,17H2,1H3,(H,29,33)(H,30,32). The SMILES string of the molecule is CCOc1ccc(NC(=O)c2ccnc(N3CCC(C(=O)Nc4ccc5c(c4)OCO5)CC3)c2)cc1. The molecule has 1 fully saturated rings. The van der Waals surface area contributed by atoms with Crippen LogP contribution in [-0.4, -0.2) is 43.3 Å². The van der Waals surface area contributed by atoms with Crippen molar-refractivity contribution in [2.75, 3.05) is 42.0 Å². The topological polar surface area (TPSA) is 102 Å².